The number of halogens is 2. The Balaban J connectivity index is 2.28. The van der Waals surface area contributed by atoms with Crippen LogP contribution >= 0.6 is 27.5 Å². The molecular weight excluding hydrogens is 326 g/mol. The van der Waals surface area contributed by atoms with Crippen molar-refractivity contribution in [3.8, 4) is 0 Å². The lowest BCUT2D eigenvalue weighted by Gasteiger charge is -2.07. The molecule has 0 saturated carbocycles. The van der Waals surface area contributed by atoms with Gasteiger partial charge in [-0.05, 0) is 42.3 Å². The number of anilines is 1. The van der Waals surface area contributed by atoms with Crippen molar-refractivity contribution in [1.29, 1.82) is 0 Å². The fourth-order valence-corrected chi connectivity index (χ4v) is 2.59. The summed E-state index contributed by atoms with van der Waals surface area (Å²) in [5.74, 6) is -0.00933. The van der Waals surface area contributed by atoms with Crippen LogP contribution in [0.5, 0.6) is 0 Å². The minimum Gasteiger partial charge on any atom is -0.399 e. The van der Waals surface area contributed by atoms with Gasteiger partial charge in [-0.15, -0.1) is 0 Å². The molecule has 0 aromatic heterocycles. The highest BCUT2D eigenvalue weighted by Gasteiger charge is 2.13. The van der Waals surface area contributed by atoms with Gasteiger partial charge in [0, 0.05) is 27.2 Å². The number of benzene rings is 2. The maximum absolute atomic E-state index is 12.3. The first kappa shape index (κ1) is 14.1. The molecule has 2 rings (SSSR count). The molecule has 98 valence electrons. The van der Waals surface area contributed by atoms with Crippen LogP contribution in [0.2, 0.25) is 5.02 Å². The number of carbonyl (C=O) groups is 1. The van der Waals surface area contributed by atoms with E-state index in [1.54, 1.807) is 18.2 Å². The van der Waals surface area contributed by atoms with Gasteiger partial charge in [-0.2, -0.15) is 0 Å². The third-order valence-electron chi connectivity index (χ3n) is 2.85. The molecule has 0 heterocycles. The van der Waals surface area contributed by atoms with Crippen LogP contribution in [0, 0.1) is 6.92 Å². The SMILES string of the molecule is Cc1ccc(CC(=O)c2cc(N)ccc2Br)c(Cl)c1. The molecule has 0 bridgehead atoms. The molecule has 0 aliphatic rings. The van der Waals surface area contributed by atoms with Gasteiger partial charge in [-0.1, -0.05) is 39.7 Å². The highest BCUT2D eigenvalue weighted by Crippen LogP contribution is 2.24. The summed E-state index contributed by atoms with van der Waals surface area (Å²) >= 11 is 9.51. The maximum atomic E-state index is 12.3. The van der Waals surface area contributed by atoms with Gasteiger partial charge in [0.2, 0.25) is 0 Å². The Bertz CT molecular complexity index is 640. The van der Waals surface area contributed by atoms with Crippen LogP contribution in [0.3, 0.4) is 0 Å². The van der Waals surface area contributed by atoms with Crippen molar-refractivity contribution in [2.75, 3.05) is 5.73 Å². The first-order valence-corrected chi connectivity index (χ1v) is 6.97. The summed E-state index contributed by atoms with van der Waals surface area (Å²) in [6.07, 6.45) is 0.265. The predicted molar refractivity (Wildman–Crippen MR) is 82.8 cm³/mol. The second-order valence-electron chi connectivity index (χ2n) is 4.43. The normalized spacial score (nSPS) is 10.5. The highest BCUT2D eigenvalue weighted by atomic mass is 79.9. The Morgan fingerprint density at radius 2 is 2.00 bits per heavy atom. The Morgan fingerprint density at radius 1 is 1.26 bits per heavy atom. The predicted octanol–water partition coefficient (Wildman–Crippen LogP) is 4.42. The summed E-state index contributed by atoms with van der Waals surface area (Å²) in [6.45, 7) is 1.96. The first-order valence-electron chi connectivity index (χ1n) is 5.80. The van der Waals surface area contributed by atoms with E-state index in [-0.39, 0.29) is 12.2 Å². The van der Waals surface area contributed by atoms with Crippen LogP contribution < -0.4 is 5.73 Å². The molecule has 0 radical (unpaired) electrons. The molecule has 0 spiro atoms. The molecule has 0 aliphatic carbocycles. The number of hydrogen-bond donors (Lipinski definition) is 1. The molecule has 2 aromatic carbocycles. The van der Waals surface area contributed by atoms with Crippen molar-refractivity contribution in [3.63, 3.8) is 0 Å². The third-order valence-corrected chi connectivity index (χ3v) is 3.89. The molecule has 0 unspecified atom stereocenters. The van der Waals surface area contributed by atoms with Gasteiger partial charge in [-0.3, -0.25) is 4.79 Å². The van der Waals surface area contributed by atoms with Crippen LogP contribution in [-0.4, -0.2) is 5.78 Å². The summed E-state index contributed by atoms with van der Waals surface area (Å²) < 4.78 is 0.745. The molecule has 2 nitrogen and oxygen atoms in total. The first-order chi connectivity index (χ1) is 8.97. The Kier molecular flexibility index (Phi) is 4.27. The van der Waals surface area contributed by atoms with E-state index in [0.717, 1.165) is 15.6 Å². The van der Waals surface area contributed by atoms with Crippen molar-refractivity contribution >= 4 is 39.0 Å². The smallest absolute Gasteiger partial charge is 0.168 e. The fourth-order valence-electron chi connectivity index (χ4n) is 1.82. The van der Waals surface area contributed by atoms with E-state index in [1.807, 2.05) is 25.1 Å². The number of nitrogen functional groups attached to an aromatic ring is 1. The topological polar surface area (TPSA) is 43.1 Å². The summed E-state index contributed by atoms with van der Waals surface area (Å²) in [4.78, 5) is 12.3. The fraction of sp³-hybridized carbons (Fsp3) is 0.133. The number of hydrogen-bond acceptors (Lipinski definition) is 2. The molecule has 0 aliphatic heterocycles. The number of aryl methyl sites for hydroxylation is 1. The van der Waals surface area contributed by atoms with E-state index in [0.29, 0.717) is 16.3 Å². The van der Waals surface area contributed by atoms with Crippen LogP contribution in [0.25, 0.3) is 0 Å². The van der Waals surface area contributed by atoms with E-state index >= 15 is 0 Å². The number of carbonyl (C=O) groups excluding carboxylic acids is 1. The molecule has 0 saturated heterocycles. The molecular formula is C15H13BrClNO. The molecule has 0 amide bonds. The molecule has 0 fully saturated rings. The lowest BCUT2D eigenvalue weighted by atomic mass is 10.0. The zero-order valence-corrected chi connectivity index (χ0v) is 12.8. The van der Waals surface area contributed by atoms with Crippen LogP contribution in [0.1, 0.15) is 21.5 Å². The quantitative estimate of drug-likeness (QED) is 0.665. The van der Waals surface area contributed by atoms with E-state index in [9.17, 15) is 4.79 Å². The zero-order valence-electron chi connectivity index (χ0n) is 10.4. The number of Topliss-reactive ketones (excluding diaryl/α,β-unsaturated/α-hetero) is 1. The van der Waals surface area contributed by atoms with Gasteiger partial charge >= 0.3 is 0 Å². The average Bonchev–Trinajstić information content (AvgIpc) is 2.35. The highest BCUT2D eigenvalue weighted by molar-refractivity contribution is 9.10. The van der Waals surface area contributed by atoms with Gasteiger partial charge in [-0.25, -0.2) is 0 Å². The van der Waals surface area contributed by atoms with Crippen LogP contribution in [0.4, 0.5) is 5.69 Å². The second kappa shape index (κ2) is 5.76. The summed E-state index contributed by atoms with van der Waals surface area (Å²) in [5, 5.41) is 0.619. The Hall–Kier alpha value is -1.32. The maximum Gasteiger partial charge on any atom is 0.168 e. The van der Waals surface area contributed by atoms with E-state index in [4.69, 9.17) is 17.3 Å². The third kappa shape index (κ3) is 3.37. The van der Waals surface area contributed by atoms with Gasteiger partial charge < -0.3 is 5.73 Å². The molecule has 19 heavy (non-hydrogen) atoms. The molecule has 2 N–H and O–H groups in total. The standard InChI is InChI=1S/C15H13BrClNO/c1-9-2-3-10(14(17)6-9)7-15(19)12-8-11(18)4-5-13(12)16/h2-6,8H,7,18H2,1H3. The van der Waals surface area contributed by atoms with Gasteiger partial charge in [0.1, 0.15) is 0 Å². The Labute approximate surface area is 125 Å². The summed E-state index contributed by atoms with van der Waals surface area (Å²) in [6, 6.07) is 10.9. The van der Waals surface area contributed by atoms with Gasteiger partial charge in [0.05, 0.1) is 0 Å². The zero-order chi connectivity index (χ0) is 14.0. The monoisotopic (exact) mass is 337 g/mol. The van der Waals surface area contributed by atoms with Crippen molar-refractivity contribution in [1.82, 2.24) is 0 Å². The minimum absolute atomic E-state index is 0.00933. The van der Waals surface area contributed by atoms with Crippen LogP contribution in [0.15, 0.2) is 40.9 Å². The van der Waals surface area contributed by atoms with E-state index in [1.165, 1.54) is 0 Å². The number of ketones is 1. The van der Waals surface area contributed by atoms with E-state index < -0.39 is 0 Å². The summed E-state index contributed by atoms with van der Waals surface area (Å²) in [7, 11) is 0. The largest absolute Gasteiger partial charge is 0.399 e. The number of rotatable bonds is 3. The van der Waals surface area contributed by atoms with Crippen molar-refractivity contribution in [2.45, 2.75) is 13.3 Å². The lowest BCUT2D eigenvalue weighted by Crippen LogP contribution is -2.06. The van der Waals surface area contributed by atoms with E-state index in [2.05, 4.69) is 15.9 Å². The summed E-state index contributed by atoms with van der Waals surface area (Å²) in [5.41, 5.74) is 8.76. The Morgan fingerprint density at radius 3 is 2.68 bits per heavy atom. The van der Waals surface area contributed by atoms with Gasteiger partial charge in [0.25, 0.3) is 0 Å². The van der Waals surface area contributed by atoms with Crippen molar-refractivity contribution in [2.24, 2.45) is 0 Å². The lowest BCUT2D eigenvalue weighted by molar-refractivity contribution is 0.0992. The second-order valence-corrected chi connectivity index (χ2v) is 5.70. The molecule has 2 aromatic rings. The van der Waals surface area contributed by atoms with Crippen LogP contribution in [-0.2, 0) is 6.42 Å². The minimum atomic E-state index is -0.00933. The average molecular weight is 339 g/mol. The van der Waals surface area contributed by atoms with Crippen molar-refractivity contribution in [3.05, 3.63) is 62.6 Å². The molecule has 4 heteroatoms. The number of nitrogens with two attached hydrogens (primary N) is 1. The molecule has 0 atom stereocenters. The van der Waals surface area contributed by atoms with Crippen molar-refractivity contribution < 1.29 is 4.79 Å². The van der Waals surface area contributed by atoms with Gasteiger partial charge in [0.15, 0.2) is 5.78 Å².